The lowest BCUT2D eigenvalue weighted by Gasteiger charge is -2.21. The zero-order valence-corrected chi connectivity index (χ0v) is 19.1. The van der Waals surface area contributed by atoms with Gasteiger partial charge in [-0.2, -0.15) is 0 Å². The molecule has 1 aromatic heterocycles. The number of hydrogen-bond donors (Lipinski definition) is 3. The van der Waals surface area contributed by atoms with Gasteiger partial charge < -0.3 is 25.4 Å². The SMILES string of the molecule is CN=C(NCCc1c[nH]c2ccc(F)cc12)NCCN1CCCN(C)CC1.I. The summed E-state index contributed by atoms with van der Waals surface area (Å²) in [6.07, 6.45) is 4.00. The molecule has 1 aliphatic heterocycles. The average Bonchev–Trinajstić information content (AvgIpc) is 2.94. The Labute approximate surface area is 184 Å². The highest BCUT2D eigenvalue weighted by Gasteiger charge is 2.11. The van der Waals surface area contributed by atoms with Gasteiger partial charge in [-0.15, -0.1) is 24.0 Å². The van der Waals surface area contributed by atoms with Crippen LogP contribution < -0.4 is 10.6 Å². The van der Waals surface area contributed by atoms with Crippen LogP contribution >= 0.6 is 24.0 Å². The lowest BCUT2D eigenvalue weighted by atomic mass is 10.1. The van der Waals surface area contributed by atoms with E-state index in [4.69, 9.17) is 0 Å². The fourth-order valence-electron chi connectivity index (χ4n) is 3.55. The van der Waals surface area contributed by atoms with Crippen LogP contribution in [0.5, 0.6) is 0 Å². The van der Waals surface area contributed by atoms with Crippen LogP contribution in [0.2, 0.25) is 0 Å². The van der Waals surface area contributed by atoms with Crippen molar-refractivity contribution in [2.45, 2.75) is 12.8 Å². The highest BCUT2D eigenvalue weighted by Crippen LogP contribution is 2.19. The molecule has 2 aromatic rings. The first-order valence-corrected chi connectivity index (χ1v) is 9.76. The summed E-state index contributed by atoms with van der Waals surface area (Å²) >= 11 is 0. The summed E-state index contributed by atoms with van der Waals surface area (Å²) in [5.74, 6) is 0.612. The van der Waals surface area contributed by atoms with Gasteiger partial charge in [-0.05, 0) is 56.7 Å². The van der Waals surface area contributed by atoms with E-state index in [1.54, 1.807) is 19.2 Å². The molecule has 0 aliphatic carbocycles. The Hall–Kier alpha value is -1.39. The Morgan fingerprint density at radius 1 is 1.18 bits per heavy atom. The van der Waals surface area contributed by atoms with E-state index in [0.717, 1.165) is 68.1 Å². The second kappa shape index (κ2) is 11.6. The number of H-pyrrole nitrogens is 1. The number of rotatable bonds is 6. The number of aromatic amines is 1. The predicted molar refractivity (Wildman–Crippen MR) is 125 cm³/mol. The van der Waals surface area contributed by atoms with Crippen LogP contribution in [0.3, 0.4) is 0 Å². The Balaban J connectivity index is 0.00000280. The van der Waals surface area contributed by atoms with Crippen molar-refractivity contribution in [2.75, 3.05) is 59.9 Å². The van der Waals surface area contributed by atoms with Crippen LogP contribution in [0.1, 0.15) is 12.0 Å². The van der Waals surface area contributed by atoms with Gasteiger partial charge in [0.1, 0.15) is 5.82 Å². The molecule has 6 nitrogen and oxygen atoms in total. The molecule has 0 unspecified atom stereocenters. The van der Waals surface area contributed by atoms with Gasteiger partial charge in [0.15, 0.2) is 5.96 Å². The zero-order valence-electron chi connectivity index (χ0n) is 16.8. The molecule has 0 amide bonds. The summed E-state index contributed by atoms with van der Waals surface area (Å²) in [5, 5.41) is 7.69. The minimum Gasteiger partial charge on any atom is -0.361 e. The molecule has 3 rings (SSSR count). The molecule has 28 heavy (non-hydrogen) atoms. The summed E-state index contributed by atoms with van der Waals surface area (Å²) in [6, 6.07) is 4.85. The highest BCUT2D eigenvalue weighted by atomic mass is 127. The Morgan fingerprint density at radius 2 is 2.00 bits per heavy atom. The van der Waals surface area contributed by atoms with Crippen molar-refractivity contribution < 1.29 is 4.39 Å². The number of nitrogens with zero attached hydrogens (tertiary/aromatic N) is 3. The number of nitrogens with one attached hydrogen (secondary N) is 3. The standard InChI is InChI=1S/C20H31FN6.HI/c1-22-20(24-8-11-27-10-3-9-26(2)12-13-27)23-7-6-16-15-25-19-5-4-17(21)14-18(16)19;/h4-5,14-15,25H,3,6-13H2,1-2H3,(H2,22,23,24);1H. The summed E-state index contributed by atoms with van der Waals surface area (Å²) in [5.41, 5.74) is 2.08. The van der Waals surface area contributed by atoms with Crippen molar-refractivity contribution in [3.05, 3.63) is 35.8 Å². The van der Waals surface area contributed by atoms with Crippen LogP contribution in [0.15, 0.2) is 29.4 Å². The van der Waals surface area contributed by atoms with Crippen LogP contribution in [0.25, 0.3) is 10.9 Å². The van der Waals surface area contributed by atoms with Crippen molar-refractivity contribution in [1.29, 1.82) is 0 Å². The van der Waals surface area contributed by atoms with E-state index >= 15 is 0 Å². The lowest BCUT2D eigenvalue weighted by Crippen LogP contribution is -2.42. The molecule has 0 saturated carbocycles. The van der Waals surface area contributed by atoms with Gasteiger partial charge in [-0.25, -0.2) is 4.39 Å². The first-order chi connectivity index (χ1) is 13.2. The largest absolute Gasteiger partial charge is 0.361 e. The molecule has 0 spiro atoms. The van der Waals surface area contributed by atoms with Crippen molar-refractivity contribution in [1.82, 2.24) is 25.4 Å². The number of hydrogen-bond acceptors (Lipinski definition) is 3. The third kappa shape index (κ3) is 6.59. The number of fused-ring (bicyclic) bond motifs is 1. The molecule has 8 heteroatoms. The molecule has 0 radical (unpaired) electrons. The third-order valence-corrected chi connectivity index (χ3v) is 5.17. The molecule has 1 fully saturated rings. The second-order valence-corrected chi connectivity index (χ2v) is 7.18. The van der Waals surface area contributed by atoms with Crippen molar-refractivity contribution in [3.63, 3.8) is 0 Å². The van der Waals surface area contributed by atoms with E-state index in [1.807, 2.05) is 6.20 Å². The van der Waals surface area contributed by atoms with Gasteiger partial charge in [0.05, 0.1) is 0 Å². The zero-order chi connectivity index (χ0) is 19.1. The van der Waals surface area contributed by atoms with Gasteiger partial charge in [0, 0.05) is 56.9 Å². The van der Waals surface area contributed by atoms with E-state index in [1.165, 1.54) is 19.0 Å². The summed E-state index contributed by atoms with van der Waals surface area (Å²) in [7, 11) is 3.98. The average molecular weight is 502 g/mol. The monoisotopic (exact) mass is 502 g/mol. The molecule has 1 aromatic carbocycles. The molecule has 1 saturated heterocycles. The minimum atomic E-state index is -0.200. The molecular formula is C20H32FIN6. The predicted octanol–water partition coefficient (Wildman–Crippen LogP) is 2.27. The summed E-state index contributed by atoms with van der Waals surface area (Å²) in [6.45, 7) is 7.26. The number of guanidine groups is 1. The maximum atomic E-state index is 13.5. The second-order valence-electron chi connectivity index (χ2n) is 7.18. The summed E-state index contributed by atoms with van der Waals surface area (Å²) in [4.78, 5) is 12.4. The quantitative estimate of drug-likeness (QED) is 0.323. The smallest absolute Gasteiger partial charge is 0.191 e. The minimum absolute atomic E-state index is 0. The first kappa shape index (κ1) is 22.9. The topological polar surface area (TPSA) is 58.7 Å². The number of aliphatic imine (C=N–C) groups is 1. The van der Waals surface area contributed by atoms with Gasteiger partial charge in [0.25, 0.3) is 0 Å². The number of aromatic nitrogens is 1. The summed E-state index contributed by atoms with van der Waals surface area (Å²) < 4.78 is 13.5. The normalized spacial score (nSPS) is 16.6. The van der Waals surface area contributed by atoms with Gasteiger partial charge in [-0.3, -0.25) is 4.99 Å². The molecule has 1 aliphatic rings. The van der Waals surface area contributed by atoms with Crippen molar-refractivity contribution in [2.24, 2.45) is 4.99 Å². The van der Waals surface area contributed by atoms with E-state index in [-0.39, 0.29) is 29.8 Å². The molecular weight excluding hydrogens is 470 g/mol. The molecule has 2 heterocycles. The van der Waals surface area contributed by atoms with Gasteiger partial charge >= 0.3 is 0 Å². The molecule has 0 atom stereocenters. The number of benzene rings is 1. The number of likely N-dealkylation sites (N-methyl/N-ethyl adjacent to an activating group) is 1. The van der Waals surface area contributed by atoms with E-state index < -0.39 is 0 Å². The Bertz CT molecular complexity index is 762. The fraction of sp³-hybridized carbons (Fsp3) is 0.550. The first-order valence-electron chi connectivity index (χ1n) is 9.76. The van der Waals surface area contributed by atoms with Crippen LogP contribution in [0.4, 0.5) is 4.39 Å². The third-order valence-electron chi connectivity index (χ3n) is 5.17. The van der Waals surface area contributed by atoms with Crippen molar-refractivity contribution in [3.8, 4) is 0 Å². The Morgan fingerprint density at radius 3 is 2.82 bits per heavy atom. The van der Waals surface area contributed by atoms with E-state index in [9.17, 15) is 4.39 Å². The lowest BCUT2D eigenvalue weighted by molar-refractivity contribution is 0.280. The number of halogens is 2. The van der Waals surface area contributed by atoms with Crippen molar-refractivity contribution >= 4 is 40.8 Å². The molecule has 0 bridgehead atoms. The highest BCUT2D eigenvalue weighted by molar-refractivity contribution is 14.0. The van der Waals surface area contributed by atoms with Crippen LogP contribution in [-0.4, -0.2) is 80.7 Å². The van der Waals surface area contributed by atoms with Gasteiger partial charge in [-0.1, -0.05) is 0 Å². The van der Waals surface area contributed by atoms with E-state index in [2.05, 4.69) is 37.5 Å². The maximum absolute atomic E-state index is 13.5. The van der Waals surface area contributed by atoms with Gasteiger partial charge in [0.2, 0.25) is 0 Å². The molecule has 3 N–H and O–H groups in total. The van der Waals surface area contributed by atoms with E-state index in [0.29, 0.717) is 0 Å². The Kier molecular flexibility index (Phi) is 9.46. The molecule has 156 valence electrons. The van der Waals surface area contributed by atoms with Crippen LogP contribution in [0, 0.1) is 5.82 Å². The maximum Gasteiger partial charge on any atom is 0.191 e. The fourth-order valence-corrected chi connectivity index (χ4v) is 3.55. The van der Waals surface area contributed by atoms with Crippen LogP contribution in [-0.2, 0) is 6.42 Å².